The molecule has 0 radical (unpaired) electrons. The van der Waals surface area contributed by atoms with E-state index in [-0.39, 0.29) is 11.7 Å². The Bertz CT molecular complexity index is 753. The molecule has 0 atom stereocenters. The summed E-state index contributed by atoms with van der Waals surface area (Å²) < 4.78 is 13.8. The average Bonchev–Trinajstić information content (AvgIpc) is 2.97. The maximum absolute atomic E-state index is 13.8. The van der Waals surface area contributed by atoms with Crippen LogP contribution in [0, 0.1) is 12.7 Å². The van der Waals surface area contributed by atoms with Gasteiger partial charge in [0.15, 0.2) is 0 Å². The molecular formula is C19H24FN3OS. The van der Waals surface area contributed by atoms with Crippen LogP contribution in [0.4, 0.5) is 15.8 Å². The molecule has 2 aromatic rings. The number of nitrogens with one attached hydrogen (secondary N) is 1. The lowest BCUT2D eigenvalue weighted by atomic mass is 10.1. The van der Waals surface area contributed by atoms with E-state index >= 15 is 0 Å². The number of halogens is 1. The van der Waals surface area contributed by atoms with Crippen molar-refractivity contribution in [3.05, 3.63) is 39.6 Å². The molecule has 4 nitrogen and oxygen atoms in total. The Labute approximate surface area is 152 Å². The second kappa shape index (κ2) is 7.95. The van der Waals surface area contributed by atoms with Crippen molar-refractivity contribution in [2.45, 2.75) is 46.0 Å². The Hall–Kier alpha value is -1.95. The number of hydrogen-bond acceptors (Lipinski definition) is 4. The second-order valence-corrected chi connectivity index (χ2v) is 7.52. The molecule has 1 saturated heterocycles. The number of anilines is 2. The lowest BCUT2D eigenvalue weighted by molar-refractivity contribution is 0.103. The highest BCUT2D eigenvalue weighted by Gasteiger charge is 2.20. The Morgan fingerprint density at radius 1 is 1.32 bits per heavy atom. The fourth-order valence-electron chi connectivity index (χ4n) is 3.18. The van der Waals surface area contributed by atoms with Crippen LogP contribution < -0.4 is 10.2 Å². The van der Waals surface area contributed by atoms with Gasteiger partial charge in [0.05, 0.1) is 22.1 Å². The van der Waals surface area contributed by atoms with Crippen LogP contribution in [0.1, 0.15) is 53.0 Å². The molecule has 134 valence electrons. The summed E-state index contributed by atoms with van der Waals surface area (Å²) in [5.41, 5.74) is 2.17. The minimum Gasteiger partial charge on any atom is -0.370 e. The number of piperidine rings is 1. The van der Waals surface area contributed by atoms with Gasteiger partial charge < -0.3 is 10.2 Å². The Balaban J connectivity index is 1.84. The normalized spacial score (nSPS) is 14.6. The highest BCUT2D eigenvalue weighted by molar-refractivity contribution is 7.13. The van der Waals surface area contributed by atoms with E-state index in [1.54, 1.807) is 6.07 Å². The Kier molecular flexibility index (Phi) is 5.68. The van der Waals surface area contributed by atoms with E-state index in [0.29, 0.717) is 10.6 Å². The summed E-state index contributed by atoms with van der Waals surface area (Å²) in [4.78, 5) is 20.0. The number of benzene rings is 1. The third-order valence-corrected chi connectivity index (χ3v) is 5.63. The number of aromatic nitrogens is 1. The molecule has 6 heteroatoms. The molecule has 0 unspecified atom stereocenters. The SMILES string of the molecule is CCCc1nc(C)c(C(=O)Nc2cc(F)ccc2N2CCCCC2)s1. The molecule has 0 bridgehead atoms. The molecule has 2 heterocycles. The van der Waals surface area contributed by atoms with Crippen molar-refractivity contribution in [3.8, 4) is 0 Å². The van der Waals surface area contributed by atoms with E-state index in [0.717, 1.165) is 55.2 Å². The van der Waals surface area contributed by atoms with Crippen LogP contribution >= 0.6 is 11.3 Å². The molecule has 1 amide bonds. The van der Waals surface area contributed by atoms with Gasteiger partial charge in [-0.15, -0.1) is 11.3 Å². The number of carbonyl (C=O) groups excluding carboxylic acids is 1. The first-order valence-corrected chi connectivity index (χ1v) is 9.72. The zero-order chi connectivity index (χ0) is 17.8. The fraction of sp³-hybridized carbons (Fsp3) is 0.474. The molecule has 1 aromatic carbocycles. The van der Waals surface area contributed by atoms with Crippen LogP contribution in [0.5, 0.6) is 0 Å². The van der Waals surface area contributed by atoms with Crippen LogP contribution in [-0.4, -0.2) is 24.0 Å². The first-order chi connectivity index (χ1) is 12.1. The van der Waals surface area contributed by atoms with Crippen LogP contribution in [-0.2, 0) is 6.42 Å². The highest BCUT2D eigenvalue weighted by atomic mass is 32.1. The van der Waals surface area contributed by atoms with Crippen LogP contribution in [0.15, 0.2) is 18.2 Å². The van der Waals surface area contributed by atoms with Gasteiger partial charge in [0.2, 0.25) is 0 Å². The number of aryl methyl sites for hydroxylation is 2. The summed E-state index contributed by atoms with van der Waals surface area (Å²) in [6.07, 6.45) is 5.34. The van der Waals surface area contributed by atoms with Crippen LogP contribution in [0.25, 0.3) is 0 Å². The summed E-state index contributed by atoms with van der Waals surface area (Å²) in [5, 5.41) is 3.88. The zero-order valence-electron chi connectivity index (χ0n) is 14.8. The van der Waals surface area contributed by atoms with Crippen molar-refractivity contribution in [1.29, 1.82) is 0 Å². The van der Waals surface area contributed by atoms with E-state index in [4.69, 9.17) is 0 Å². The van der Waals surface area contributed by atoms with Crippen LogP contribution in [0.2, 0.25) is 0 Å². The topological polar surface area (TPSA) is 45.2 Å². The second-order valence-electron chi connectivity index (χ2n) is 6.44. The Morgan fingerprint density at radius 2 is 2.08 bits per heavy atom. The molecule has 3 rings (SSSR count). The van der Waals surface area contributed by atoms with E-state index in [1.165, 1.54) is 29.9 Å². The van der Waals surface area contributed by atoms with Crippen molar-refractivity contribution in [1.82, 2.24) is 4.98 Å². The maximum atomic E-state index is 13.8. The average molecular weight is 361 g/mol. The van der Waals surface area contributed by atoms with Crippen LogP contribution in [0.3, 0.4) is 0 Å². The first kappa shape index (κ1) is 17.9. The monoisotopic (exact) mass is 361 g/mol. The van der Waals surface area contributed by atoms with E-state index < -0.39 is 0 Å². The molecule has 25 heavy (non-hydrogen) atoms. The minimum absolute atomic E-state index is 0.207. The number of amides is 1. The number of rotatable bonds is 5. The van der Waals surface area contributed by atoms with Gasteiger partial charge in [-0.1, -0.05) is 6.92 Å². The molecule has 0 aliphatic carbocycles. The molecule has 1 aromatic heterocycles. The van der Waals surface area contributed by atoms with Gasteiger partial charge in [-0.25, -0.2) is 9.37 Å². The van der Waals surface area contributed by atoms with E-state index in [9.17, 15) is 9.18 Å². The summed E-state index contributed by atoms with van der Waals surface area (Å²) in [7, 11) is 0. The zero-order valence-corrected chi connectivity index (χ0v) is 15.6. The molecule has 1 aliphatic heterocycles. The van der Waals surface area contributed by atoms with Gasteiger partial charge in [-0.3, -0.25) is 4.79 Å². The van der Waals surface area contributed by atoms with Crippen molar-refractivity contribution in [2.75, 3.05) is 23.3 Å². The van der Waals surface area contributed by atoms with Gasteiger partial charge in [0.1, 0.15) is 10.7 Å². The first-order valence-electron chi connectivity index (χ1n) is 8.90. The minimum atomic E-state index is -0.344. The molecule has 1 N–H and O–H groups in total. The predicted molar refractivity (Wildman–Crippen MR) is 101 cm³/mol. The van der Waals surface area contributed by atoms with E-state index in [2.05, 4.69) is 22.1 Å². The van der Waals surface area contributed by atoms with Gasteiger partial charge in [0, 0.05) is 13.1 Å². The predicted octanol–water partition coefficient (Wildman–Crippen LogP) is 4.79. The molecule has 0 saturated carbocycles. The summed E-state index contributed by atoms with van der Waals surface area (Å²) >= 11 is 1.43. The Morgan fingerprint density at radius 3 is 2.80 bits per heavy atom. The van der Waals surface area contributed by atoms with Crippen molar-refractivity contribution < 1.29 is 9.18 Å². The third kappa shape index (κ3) is 4.18. The largest absolute Gasteiger partial charge is 0.370 e. The van der Waals surface area contributed by atoms with Gasteiger partial charge in [0.25, 0.3) is 5.91 Å². The molecular weight excluding hydrogens is 337 g/mol. The van der Waals surface area contributed by atoms with Gasteiger partial charge >= 0.3 is 0 Å². The maximum Gasteiger partial charge on any atom is 0.267 e. The lowest BCUT2D eigenvalue weighted by Gasteiger charge is -2.30. The summed E-state index contributed by atoms with van der Waals surface area (Å²) in [6.45, 7) is 5.82. The third-order valence-electron chi connectivity index (χ3n) is 4.41. The quantitative estimate of drug-likeness (QED) is 0.833. The number of thiazole rings is 1. The lowest BCUT2D eigenvalue weighted by Crippen LogP contribution is -2.30. The fourth-order valence-corrected chi connectivity index (χ4v) is 4.24. The summed E-state index contributed by atoms with van der Waals surface area (Å²) in [6, 6.07) is 4.63. The van der Waals surface area contributed by atoms with E-state index in [1.807, 2.05) is 6.92 Å². The van der Waals surface area contributed by atoms with Gasteiger partial charge in [-0.2, -0.15) is 0 Å². The summed E-state index contributed by atoms with van der Waals surface area (Å²) in [5.74, 6) is -0.551. The number of carbonyl (C=O) groups is 1. The number of nitrogens with zero attached hydrogens (tertiary/aromatic N) is 2. The van der Waals surface area contributed by atoms with Gasteiger partial charge in [-0.05, 0) is 57.2 Å². The van der Waals surface area contributed by atoms with Crippen molar-refractivity contribution in [2.24, 2.45) is 0 Å². The number of hydrogen-bond donors (Lipinski definition) is 1. The smallest absolute Gasteiger partial charge is 0.267 e. The molecule has 0 spiro atoms. The standard InChI is InChI=1S/C19H24FN3OS/c1-3-7-17-21-13(2)18(25-17)19(24)22-15-12-14(20)8-9-16(15)23-10-5-4-6-11-23/h8-9,12H,3-7,10-11H2,1-2H3,(H,22,24). The highest BCUT2D eigenvalue weighted by Crippen LogP contribution is 2.30. The van der Waals surface area contributed by atoms with Crippen molar-refractivity contribution >= 4 is 28.6 Å². The van der Waals surface area contributed by atoms with Crippen molar-refractivity contribution in [3.63, 3.8) is 0 Å². The molecule has 1 aliphatic rings. The molecule has 1 fully saturated rings.